The molecule has 0 bridgehead atoms. The maximum absolute atomic E-state index is 12.7. The minimum Gasteiger partial charge on any atom is -0.318 e. The SMILES string of the molecule is CSc1nnc(CN2C(=O)N[C@](C)(c3ccccn3)C2=O)s1. The van der Waals surface area contributed by atoms with Gasteiger partial charge in [0, 0.05) is 6.20 Å². The predicted molar refractivity (Wildman–Crippen MR) is 82.4 cm³/mol. The maximum Gasteiger partial charge on any atom is 0.325 e. The molecule has 0 aromatic carbocycles. The van der Waals surface area contributed by atoms with E-state index in [9.17, 15) is 9.59 Å². The summed E-state index contributed by atoms with van der Waals surface area (Å²) in [7, 11) is 0. The molecule has 1 aliphatic rings. The van der Waals surface area contributed by atoms with Crippen molar-refractivity contribution in [2.24, 2.45) is 0 Å². The topological polar surface area (TPSA) is 88.1 Å². The van der Waals surface area contributed by atoms with Crippen LogP contribution in [0.1, 0.15) is 17.6 Å². The van der Waals surface area contributed by atoms with Crippen LogP contribution in [0.3, 0.4) is 0 Å². The smallest absolute Gasteiger partial charge is 0.318 e. The number of amides is 3. The van der Waals surface area contributed by atoms with Gasteiger partial charge < -0.3 is 5.32 Å². The van der Waals surface area contributed by atoms with E-state index in [1.165, 1.54) is 23.1 Å². The number of carbonyl (C=O) groups excluding carboxylic acids is 2. The number of hydrogen-bond donors (Lipinski definition) is 1. The Morgan fingerprint density at radius 2 is 2.18 bits per heavy atom. The lowest BCUT2D eigenvalue weighted by Crippen LogP contribution is -2.41. The molecule has 1 saturated heterocycles. The van der Waals surface area contributed by atoms with Crippen LogP contribution in [0, 0.1) is 0 Å². The summed E-state index contributed by atoms with van der Waals surface area (Å²) in [5, 5.41) is 11.3. The summed E-state index contributed by atoms with van der Waals surface area (Å²) in [5.74, 6) is -0.336. The third-order valence-corrected chi connectivity index (χ3v) is 5.25. The highest BCUT2D eigenvalue weighted by atomic mass is 32.2. The van der Waals surface area contributed by atoms with Gasteiger partial charge in [0.1, 0.15) is 5.01 Å². The second kappa shape index (κ2) is 5.65. The molecule has 22 heavy (non-hydrogen) atoms. The third-order valence-electron chi connectivity index (χ3n) is 3.37. The third kappa shape index (κ3) is 2.46. The molecule has 0 aliphatic carbocycles. The average Bonchev–Trinajstić information content (AvgIpc) is 3.07. The molecule has 0 spiro atoms. The molecule has 0 saturated carbocycles. The van der Waals surface area contributed by atoms with Crippen LogP contribution >= 0.6 is 23.1 Å². The van der Waals surface area contributed by atoms with Crippen molar-refractivity contribution in [3.63, 3.8) is 0 Å². The Labute approximate surface area is 135 Å². The lowest BCUT2D eigenvalue weighted by atomic mass is 9.97. The summed E-state index contributed by atoms with van der Waals surface area (Å²) < 4.78 is 0.801. The Bertz CT molecular complexity index is 720. The van der Waals surface area contributed by atoms with Crippen molar-refractivity contribution in [1.29, 1.82) is 0 Å². The molecule has 0 radical (unpaired) electrons. The van der Waals surface area contributed by atoms with E-state index in [1.54, 1.807) is 31.3 Å². The van der Waals surface area contributed by atoms with E-state index in [2.05, 4.69) is 20.5 Å². The number of pyridine rings is 1. The number of thioether (sulfide) groups is 1. The van der Waals surface area contributed by atoms with Gasteiger partial charge in [0.2, 0.25) is 0 Å². The van der Waals surface area contributed by atoms with Gasteiger partial charge in [0.15, 0.2) is 9.88 Å². The first-order chi connectivity index (χ1) is 10.5. The van der Waals surface area contributed by atoms with E-state index in [0.29, 0.717) is 10.7 Å². The highest BCUT2D eigenvalue weighted by Crippen LogP contribution is 2.29. The number of nitrogens with zero attached hydrogens (tertiary/aromatic N) is 4. The predicted octanol–water partition coefficient (Wildman–Crippen LogP) is 1.62. The van der Waals surface area contributed by atoms with Crippen LogP contribution in [0.4, 0.5) is 4.79 Å². The van der Waals surface area contributed by atoms with Crippen LogP contribution in [0.25, 0.3) is 0 Å². The van der Waals surface area contributed by atoms with E-state index in [4.69, 9.17) is 0 Å². The number of urea groups is 1. The van der Waals surface area contributed by atoms with E-state index < -0.39 is 11.6 Å². The summed E-state index contributed by atoms with van der Waals surface area (Å²) in [4.78, 5) is 30.2. The summed E-state index contributed by atoms with van der Waals surface area (Å²) >= 11 is 2.85. The summed E-state index contributed by atoms with van der Waals surface area (Å²) in [6.45, 7) is 1.77. The molecule has 3 rings (SSSR count). The fourth-order valence-electron chi connectivity index (χ4n) is 2.19. The van der Waals surface area contributed by atoms with Gasteiger partial charge in [0.25, 0.3) is 5.91 Å². The molecule has 0 unspecified atom stereocenters. The van der Waals surface area contributed by atoms with Gasteiger partial charge >= 0.3 is 6.03 Å². The summed E-state index contributed by atoms with van der Waals surface area (Å²) in [6.07, 6.45) is 3.49. The summed E-state index contributed by atoms with van der Waals surface area (Å²) in [5.41, 5.74) is -0.635. The van der Waals surface area contributed by atoms with Gasteiger partial charge in [-0.1, -0.05) is 29.2 Å². The maximum atomic E-state index is 12.7. The number of carbonyl (C=O) groups is 2. The minimum atomic E-state index is -1.15. The van der Waals surface area contributed by atoms with Gasteiger partial charge in [-0.05, 0) is 25.3 Å². The Morgan fingerprint density at radius 1 is 1.36 bits per heavy atom. The largest absolute Gasteiger partial charge is 0.325 e. The molecule has 9 heteroatoms. The number of rotatable bonds is 4. The van der Waals surface area contributed by atoms with Crippen molar-refractivity contribution >= 4 is 35.0 Å². The molecule has 1 fully saturated rings. The van der Waals surface area contributed by atoms with Crippen LogP contribution in [0.15, 0.2) is 28.7 Å². The van der Waals surface area contributed by atoms with Crippen molar-refractivity contribution in [1.82, 2.24) is 25.4 Å². The highest BCUT2D eigenvalue weighted by Gasteiger charge is 2.50. The molecule has 7 nitrogen and oxygen atoms in total. The van der Waals surface area contributed by atoms with Crippen LogP contribution in [-0.2, 0) is 16.9 Å². The number of nitrogens with one attached hydrogen (secondary N) is 1. The first-order valence-electron chi connectivity index (χ1n) is 6.46. The van der Waals surface area contributed by atoms with Gasteiger partial charge in [-0.2, -0.15) is 0 Å². The number of hydrogen-bond acceptors (Lipinski definition) is 7. The standard InChI is InChI=1S/C13H13N5O2S2/c1-13(8-5-3-4-6-14-8)10(19)18(11(20)15-13)7-9-16-17-12(21-2)22-9/h3-6H,7H2,1-2H3,(H,15,20)/t13-/m1/s1. The average molecular weight is 335 g/mol. The first-order valence-corrected chi connectivity index (χ1v) is 8.50. The van der Waals surface area contributed by atoms with E-state index in [-0.39, 0.29) is 12.5 Å². The molecule has 3 amide bonds. The van der Waals surface area contributed by atoms with Crippen LogP contribution in [-0.4, -0.2) is 38.3 Å². The molecule has 2 aromatic heterocycles. The number of imide groups is 1. The van der Waals surface area contributed by atoms with Gasteiger partial charge in [-0.15, -0.1) is 10.2 Å². The molecule has 1 atom stereocenters. The van der Waals surface area contributed by atoms with Crippen molar-refractivity contribution in [3.8, 4) is 0 Å². The monoisotopic (exact) mass is 335 g/mol. The van der Waals surface area contributed by atoms with E-state index >= 15 is 0 Å². The zero-order valence-corrected chi connectivity index (χ0v) is 13.6. The molecule has 3 heterocycles. The van der Waals surface area contributed by atoms with Crippen molar-refractivity contribution in [2.45, 2.75) is 23.3 Å². The quantitative estimate of drug-likeness (QED) is 0.675. The first kappa shape index (κ1) is 14.9. The Balaban J connectivity index is 1.85. The van der Waals surface area contributed by atoms with Crippen molar-refractivity contribution in [3.05, 3.63) is 35.1 Å². The van der Waals surface area contributed by atoms with E-state index in [1.807, 2.05) is 6.26 Å². The zero-order valence-electron chi connectivity index (χ0n) is 11.9. The Kier molecular flexibility index (Phi) is 3.83. The van der Waals surface area contributed by atoms with Gasteiger partial charge in [-0.3, -0.25) is 14.7 Å². The molecular formula is C13H13N5O2S2. The van der Waals surface area contributed by atoms with Crippen LogP contribution in [0.2, 0.25) is 0 Å². The summed E-state index contributed by atoms with van der Waals surface area (Å²) in [6, 6.07) is 4.82. The van der Waals surface area contributed by atoms with Crippen LogP contribution < -0.4 is 5.32 Å². The van der Waals surface area contributed by atoms with Gasteiger partial charge in [0.05, 0.1) is 12.2 Å². The Hall–Kier alpha value is -2.00. The molecular weight excluding hydrogens is 322 g/mol. The zero-order chi connectivity index (χ0) is 15.7. The fourth-order valence-corrected chi connectivity index (χ4v) is 3.50. The highest BCUT2D eigenvalue weighted by molar-refractivity contribution is 8.00. The second-order valence-electron chi connectivity index (χ2n) is 4.83. The van der Waals surface area contributed by atoms with E-state index in [0.717, 1.165) is 9.24 Å². The lowest BCUT2D eigenvalue weighted by molar-refractivity contribution is -0.131. The normalized spacial score (nSPS) is 21.3. The van der Waals surface area contributed by atoms with Gasteiger partial charge in [-0.25, -0.2) is 4.79 Å². The lowest BCUT2D eigenvalue weighted by Gasteiger charge is -2.20. The molecule has 1 N–H and O–H groups in total. The fraction of sp³-hybridized carbons (Fsp3) is 0.308. The van der Waals surface area contributed by atoms with Crippen molar-refractivity contribution in [2.75, 3.05) is 6.26 Å². The van der Waals surface area contributed by atoms with Crippen molar-refractivity contribution < 1.29 is 9.59 Å². The molecule has 2 aromatic rings. The Morgan fingerprint density at radius 3 is 2.82 bits per heavy atom. The minimum absolute atomic E-state index is 0.116. The molecule has 114 valence electrons. The number of aromatic nitrogens is 3. The second-order valence-corrected chi connectivity index (χ2v) is 6.94. The van der Waals surface area contributed by atoms with Crippen LogP contribution in [0.5, 0.6) is 0 Å². The molecule has 1 aliphatic heterocycles.